The molecule has 3 heterocycles. The fourth-order valence-electron chi connectivity index (χ4n) is 4.36. The Morgan fingerprint density at radius 2 is 2.09 bits per heavy atom. The second kappa shape index (κ2) is 5.23. The van der Waals surface area contributed by atoms with Gasteiger partial charge in [0, 0.05) is 30.9 Å². The Labute approximate surface area is 130 Å². The molecule has 1 aliphatic carbocycles. The van der Waals surface area contributed by atoms with Gasteiger partial charge in [0.05, 0.1) is 0 Å². The molecule has 2 fully saturated rings. The number of carboxylic acid groups (broad SMARTS) is 1. The molecule has 5 nitrogen and oxygen atoms in total. The summed E-state index contributed by atoms with van der Waals surface area (Å²) >= 11 is 0. The Balaban J connectivity index is 1.71. The van der Waals surface area contributed by atoms with E-state index in [0.29, 0.717) is 23.5 Å². The van der Waals surface area contributed by atoms with E-state index in [-0.39, 0.29) is 0 Å². The van der Waals surface area contributed by atoms with Crippen molar-refractivity contribution in [3.8, 4) is 0 Å². The number of aromatic nitrogens is 1. The normalized spacial score (nSPS) is 27.8. The third kappa shape index (κ3) is 2.19. The lowest BCUT2D eigenvalue weighted by atomic mass is 10.1. The largest absolute Gasteiger partial charge is 0.478 e. The lowest BCUT2D eigenvalue weighted by molar-refractivity contribution is 0.0697. The molecule has 0 amide bonds. The molecule has 1 N–H and O–H groups in total. The van der Waals surface area contributed by atoms with E-state index in [1.165, 1.54) is 12.8 Å². The molecule has 0 radical (unpaired) electrons. The van der Waals surface area contributed by atoms with E-state index in [0.717, 1.165) is 50.0 Å². The van der Waals surface area contributed by atoms with Crippen molar-refractivity contribution in [3.05, 3.63) is 22.9 Å². The lowest BCUT2D eigenvalue weighted by Gasteiger charge is -2.28. The SMILES string of the molecule is CN1[C@H]2CC[C@@H]1CN(c1nc3c(cc1C(=O)O)CCC3)CC2. The molecule has 2 aliphatic heterocycles. The molecule has 2 atom stereocenters. The fourth-order valence-corrected chi connectivity index (χ4v) is 4.36. The number of aromatic carboxylic acids is 1. The summed E-state index contributed by atoms with van der Waals surface area (Å²) in [6.45, 7) is 1.82. The van der Waals surface area contributed by atoms with Gasteiger partial charge in [-0.05, 0) is 57.2 Å². The lowest BCUT2D eigenvalue weighted by Crippen LogP contribution is -2.37. The van der Waals surface area contributed by atoms with Gasteiger partial charge in [-0.15, -0.1) is 0 Å². The van der Waals surface area contributed by atoms with Crippen LogP contribution in [-0.2, 0) is 12.8 Å². The molecule has 3 aliphatic rings. The van der Waals surface area contributed by atoms with Crippen LogP contribution in [-0.4, -0.2) is 53.2 Å². The van der Waals surface area contributed by atoms with Crippen LogP contribution in [0.2, 0.25) is 0 Å². The molecule has 0 saturated carbocycles. The summed E-state index contributed by atoms with van der Waals surface area (Å²) < 4.78 is 0. The molecule has 2 bridgehead atoms. The van der Waals surface area contributed by atoms with E-state index in [4.69, 9.17) is 4.98 Å². The van der Waals surface area contributed by atoms with Crippen LogP contribution in [0.25, 0.3) is 0 Å². The first-order valence-electron chi connectivity index (χ1n) is 8.36. The average Bonchev–Trinajstić information content (AvgIpc) is 3.02. The number of carbonyl (C=O) groups is 1. The molecule has 0 aromatic carbocycles. The minimum atomic E-state index is -0.847. The van der Waals surface area contributed by atoms with Crippen molar-refractivity contribution in [2.24, 2.45) is 0 Å². The van der Waals surface area contributed by atoms with Crippen molar-refractivity contribution in [1.29, 1.82) is 0 Å². The van der Waals surface area contributed by atoms with Crippen molar-refractivity contribution >= 4 is 11.8 Å². The maximum absolute atomic E-state index is 11.7. The highest BCUT2D eigenvalue weighted by atomic mass is 16.4. The van der Waals surface area contributed by atoms with Gasteiger partial charge in [-0.2, -0.15) is 0 Å². The van der Waals surface area contributed by atoms with Crippen LogP contribution >= 0.6 is 0 Å². The second-order valence-corrected chi connectivity index (χ2v) is 6.91. The highest BCUT2D eigenvalue weighted by Crippen LogP contribution is 2.33. The molecule has 5 heteroatoms. The number of hydrogen-bond acceptors (Lipinski definition) is 4. The molecular weight excluding hydrogens is 278 g/mol. The zero-order chi connectivity index (χ0) is 15.3. The summed E-state index contributed by atoms with van der Waals surface area (Å²) in [6.07, 6.45) is 6.64. The predicted octanol–water partition coefficient (Wildman–Crippen LogP) is 1.94. The van der Waals surface area contributed by atoms with Crippen LogP contribution < -0.4 is 4.90 Å². The van der Waals surface area contributed by atoms with Crippen LogP contribution in [0.4, 0.5) is 5.82 Å². The maximum atomic E-state index is 11.7. The van der Waals surface area contributed by atoms with E-state index in [1.807, 2.05) is 6.07 Å². The Hall–Kier alpha value is -1.62. The minimum Gasteiger partial charge on any atom is -0.478 e. The standard InChI is InChI=1S/C17H23N3O2/c1-19-12-5-6-13(19)10-20(8-7-12)16-14(17(21)22)9-11-3-2-4-15(11)18-16/h9,12-13H,2-8,10H2,1H3,(H,21,22)/t12-,13+/m0/s1. The number of rotatable bonds is 2. The number of carboxylic acids is 1. The molecule has 2 saturated heterocycles. The van der Waals surface area contributed by atoms with E-state index in [1.54, 1.807) is 0 Å². The molecule has 1 aromatic rings. The second-order valence-electron chi connectivity index (χ2n) is 6.91. The van der Waals surface area contributed by atoms with Gasteiger partial charge in [-0.1, -0.05) is 0 Å². The molecule has 0 unspecified atom stereocenters. The third-order valence-corrected chi connectivity index (χ3v) is 5.71. The number of aryl methyl sites for hydroxylation is 2. The van der Waals surface area contributed by atoms with Crippen LogP contribution in [0.1, 0.15) is 47.3 Å². The summed E-state index contributed by atoms with van der Waals surface area (Å²) in [7, 11) is 2.21. The zero-order valence-corrected chi connectivity index (χ0v) is 13.1. The number of fused-ring (bicyclic) bond motifs is 3. The first-order chi connectivity index (χ1) is 10.6. The molecule has 118 valence electrons. The summed E-state index contributed by atoms with van der Waals surface area (Å²) in [5.74, 6) is -0.144. The minimum absolute atomic E-state index is 0.390. The summed E-state index contributed by atoms with van der Waals surface area (Å²) in [6, 6.07) is 3.06. The van der Waals surface area contributed by atoms with Crippen LogP contribution in [0.5, 0.6) is 0 Å². The van der Waals surface area contributed by atoms with E-state index in [9.17, 15) is 9.90 Å². The summed E-state index contributed by atoms with van der Waals surface area (Å²) in [4.78, 5) is 21.2. The van der Waals surface area contributed by atoms with Crippen molar-refractivity contribution in [3.63, 3.8) is 0 Å². The van der Waals surface area contributed by atoms with Crippen molar-refractivity contribution in [2.75, 3.05) is 25.0 Å². The van der Waals surface area contributed by atoms with Crippen LogP contribution in [0, 0.1) is 0 Å². The van der Waals surface area contributed by atoms with Gasteiger partial charge in [0.2, 0.25) is 0 Å². The number of nitrogens with zero attached hydrogens (tertiary/aromatic N) is 3. The average molecular weight is 301 g/mol. The van der Waals surface area contributed by atoms with Gasteiger partial charge in [0.15, 0.2) is 0 Å². The van der Waals surface area contributed by atoms with Gasteiger partial charge < -0.3 is 10.0 Å². The van der Waals surface area contributed by atoms with Crippen molar-refractivity contribution in [1.82, 2.24) is 9.88 Å². The Kier molecular flexibility index (Phi) is 3.33. The number of hydrogen-bond donors (Lipinski definition) is 1. The first-order valence-corrected chi connectivity index (χ1v) is 8.36. The van der Waals surface area contributed by atoms with E-state index in [2.05, 4.69) is 16.8 Å². The zero-order valence-electron chi connectivity index (χ0n) is 13.1. The van der Waals surface area contributed by atoms with Gasteiger partial charge in [0.25, 0.3) is 0 Å². The Bertz CT molecular complexity index is 616. The highest BCUT2D eigenvalue weighted by molar-refractivity contribution is 5.93. The first kappa shape index (κ1) is 14.0. The topological polar surface area (TPSA) is 56.7 Å². The smallest absolute Gasteiger partial charge is 0.339 e. The van der Waals surface area contributed by atoms with E-state index < -0.39 is 5.97 Å². The molecule has 0 spiro atoms. The van der Waals surface area contributed by atoms with Gasteiger partial charge in [-0.3, -0.25) is 4.90 Å². The summed E-state index contributed by atoms with van der Waals surface area (Å²) in [5.41, 5.74) is 2.64. The predicted molar refractivity (Wildman–Crippen MR) is 84.6 cm³/mol. The monoisotopic (exact) mass is 301 g/mol. The number of anilines is 1. The maximum Gasteiger partial charge on any atom is 0.339 e. The van der Waals surface area contributed by atoms with Crippen LogP contribution in [0.15, 0.2) is 6.07 Å². The van der Waals surface area contributed by atoms with Gasteiger partial charge in [0.1, 0.15) is 11.4 Å². The highest BCUT2D eigenvalue weighted by Gasteiger charge is 2.36. The van der Waals surface area contributed by atoms with Gasteiger partial charge >= 0.3 is 5.97 Å². The van der Waals surface area contributed by atoms with Crippen molar-refractivity contribution in [2.45, 2.75) is 50.6 Å². The van der Waals surface area contributed by atoms with Crippen LogP contribution in [0.3, 0.4) is 0 Å². The molecular formula is C17H23N3O2. The molecule has 22 heavy (non-hydrogen) atoms. The fraction of sp³-hybridized carbons (Fsp3) is 0.647. The third-order valence-electron chi connectivity index (χ3n) is 5.71. The van der Waals surface area contributed by atoms with Crippen molar-refractivity contribution < 1.29 is 9.90 Å². The molecule has 4 rings (SSSR count). The summed E-state index contributed by atoms with van der Waals surface area (Å²) in [5, 5.41) is 9.60. The van der Waals surface area contributed by atoms with E-state index >= 15 is 0 Å². The Morgan fingerprint density at radius 3 is 2.91 bits per heavy atom. The number of likely N-dealkylation sites (N-methyl/N-ethyl adjacent to an activating group) is 1. The molecule has 1 aromatic heterocycles. The van der Waals surface area contributed by atoms with Gasteiger partial charge in [-0.25, -0.2) is 9.78 Å². The Morgan fingerprint density at radius 1 is 1.27 bits per heavy atom. The number of pyridine rings is 1. The quantitative estimate of drug-likeness (QED) is 0.904.